The van der Waals surface area contributed by atoms with E-state index >= 15 is 0 Å². The van der Waals surface area contributed by atoms with Crippen molar-refractivity contribution in [2.45, 2.75) is 0 Å². The number of aromatic nitrogens is 1. The number of nitrogens with one attached hydrogen (secondary N) is 2. The van der Waals surface area contributed by atoms with Crippen molar-refractivity contribution in [1.82, 2.24) is 10.4 Å². The molecule has 0 unspecified atom stereocenters. The number of fused-ring (bicyclic) bond motifs is 1. The van der Waals surface area contributed by atoms with Crippen LogP contribution < -0.4 is 10.2 Å². The molecule has 5 nitrogen and oxygen atoms in total. The number of para-hydroxylation sites is 2. The SMILES string of the molecule is O=C(COc1ccccc1-c1ccccc1)NN=Cc1c[nH]c2ccccc12. The first-order chi connectivity index (χ1) is 13.8. The van der Waals surface area contributed by atoms with Crippen molar-refractivity contribution < 1.29 is 9.53 Å². The Morgan fingerprint density at radius 3 is 2.61 bits per heavy atom. The molecule has 5 heteroatoms. The van der Waals surface area contributed by atoms with Gasteiger partial charge in [0.1, 0.15) is 5.75 Å². The topological polar surface area (TPSA) is 66.5 Å². The summed E-state index contributed by atoms with van der Waals surface area (Å²) in [6.07, 6.45) is 3.47. The Labute approximate surface area is 162 Å². The highest BCUT2D eigenvalue weighted by Crippen LogP contribution is 2.29. The highest BCUT2D eigenvalue weighted by atomic mass is 16.5. The standard InChI is InChI=1S/C23H19N3O2/c27-23(26-25-15-18-14-24-21-12-6-4-10-19(18)21)16-28-22-13-7-5-11-20(22)17-8-2-1-3-9-17/h1-15,24H,16H2,(H,26,27). The average Bonchev–Trinajstić information content (AvgIpc) is 3.16. The van der Waals surface area contributed by atoms with Crippen LogP contribution in [-0.2, 0) is 4.79 Å². The molecule has 0 saturated heterocycles. The zero-order valence-corrected chi connectivity index (χ0v) is 15.1. The summed E-state index contributed by atoms with van der Waals surface area (Å²) >= 11 is 0. The number of carbonyl (C=O) groups is 1. The Morgan fingerprint density at radius 2 is 1.71 bits per heavy atom. The Morgan fingerprint density at radius 1 is 0.964 bits per heavy atom. The van der Waals surface area contributed by atoms with Crippen LogP contribution in [0.15, 0.2) is 90.2 Å². The predicted octanol–water partition coefficient (Wildman–Crippen LogP) is 4.36. The third kappa shape index (κ3) is 3.94. The number of hydrazone groups is 1. The first-order valence-corrected chi connectivity index (χ1v) is 8.96. The molecule has 4 aromatic rings. The van der Waals surface area contributed by atoms with E-state index < -0.39 is 0 Å². The third-order valence-corrected chi connectivity index (χ3v) is 4.34. The van der Waals surface area contributed by atoms with Crippen LogP contribution in [0.2, 0.25) is 0 Å². The van der Waals surface area contributed by atoms with Gasteiger partial charge >= 0.3 is 0 Å². The van der Waals surface area contributed by atoms with Gasteiger partial charge in [-0.15, -0.1) is 0 Å². The van der Waals surface area contributed by atoms with Gasteiger partial charge < -0.3 is 9.72 Å². The number of carbonyl (C=O) groups excluding carboxylic acids is 1. The minimum absolute atomic E-state index is 0.116. The molecule has 0 bridgehead atoms. The van der Waals surface area contributed by atoms with Crippen LogP contribution in [0, 0.1) is 0 Å². The normalized spacial score (nSPS) is 11.0. The first kappa shape index (κ1) is 17.5. The van der Waals surface area contributed by atoms with Gasteiger partial charge in [0, 0.05) is 28.2 Å². The Balaban J connectivity index is 1.38. The van der Waals surface area contributed by atoms with Gasteiger partial charge in [0.15, 0.2) is 6.61 Å². The lowest BCUT2D eigenvalue weighted by atomic mass is 10.1. The zero-order valence-electron chi connectivity index (χ0n) is 15.1. The molecule has 4 rings (SSSR count). The minimum Gasteiger partial charge on any atom is -0.483 e. The smallest absolute Gasteiger partial charge is 0.277 e. The fourth-order valence-corrected chi connectivity index (χ4v) is 3.00. The van der Waals surface area contributed by atoms with Crippen molar-refractivity contribution in [2.24, 2.45) is 5.10 Å². The molecule has 0 radical (unpaired) electrons. The number of benzene rings is 3. The first-order valence-electron chi connectivity index (χ1n) is 8.96. The van der Waals surface area contributed by atoms with Crippen LogP contribution in [-0.4, -0.2) is 23.7 Å². The summed E-state index contributed by atoms with van der Waals surface area (Å²) in [6.45, 7) is -0.116. The van der Waals surface area contributed by atoms with E-state index in [1.54, 1.807) is 6.21 Å². The quantitative estimate of drug-likeness (QED) is 0.392. The summed E-state index contributed by atoms with van der Waals surface area (Å²) < 4.78 is 5.72. The highest BCUT2D eigenvalue weighted by Gasteiger charge is 2.08. The molecule has 138 valence electrons. The van der Waals surface area contributed by atoms with E-state index in [1.807, 2.05) is 85.1 Å². The number of nitrogens with zero attached hydrogens (tertiary/aromatic N) is 1. The number of aromatic amines is 1. The van der Waals surface area contributed by atoms with Gasteiger partial charge in [-0.2, -0.15) is 5.10 Å². The Kier molecular flexibility index (Phi) is 5.15. The van der Waals surface area contributed by atoms with Gasteiger partial charge in [-0.1, -0.05) is 66.7 Å². The molecule has 1 aromatic heterocycles. The lowest BCUT2D eigenvalue weighted by Crippen LogP contribution is -2.24. The van der Waals surface area contributed by atoms with Crippen molar-refractivity contribution in [3.8, 4) is 16.9 Å². The zero-order chi connectivity index (χ0) is 19.2. The second kappa shape index (κ2) is 8.22. The van der Waals surface area contributed by atoms with Gasteiger partial charge in [-0.05, 0) is 17.7 Å². The number of H-pyrrole nitrogens is 1. The molecule has 0 fully saturated rings. The van der Waals surface area contributed by atoms with Crippen molar-refractivity contribution in [1.29, 1.82) is 0 Å². The Bertz CT molecular complexity index is 1120. The fraction of sp³-hybridized carbons (Fsp3) is 0.0435. The van der Waals surface area contributed by atoms with Gasteiger partial charge in [0.25, 0.3) is 5.91 Å². The molecule has 2 N–H and O–H groups in total. The van der Waals surface area contributed by atoms with Crippen molar-refractivity contribution in [3.05, 3.63) is 90.6 Å². The second-order valence-electron chi connectivity index (χ2n) is 6.23. The molecule has 0 spiro atoms. The monoisotopic (exact) mass is 369 g/mol. The van der Waals surface area contributed by atoms with E-state index in [9.17, 15) is 4.79 Å². The van der Waals surface area contributed by atoms with Gasteiger partial charge in [-0.25, -0.2) is 5.43 Å². The fourth-order valence-electron chi connectivity index (χ4n) is 3.00. The van der Waals surface area contributed by atoms with E-state index in [-0.39, 0.29) is 12.5 Å². The van der Waals surface area contributed by atoms with Gasteiger partial charge in [0.05, 0.1) is 6.21 Å². The molecular formula is C23H19N3O2. The van der Waals surface area contributed by atoms with Gasteiger partial charge in [0.2, 0.25) is 0 Å². The summed E-state index contributed by atoms with van der Waals surface area (Å²) in [4.78, 5) is 15.3. The largest absolute Gasteiger partial charge is 0.483 e. The van der Waals surface area contributed by atoms with Crippen LogP contribution in [0.25, 0.3) is 22.0 Å². The Hall–Kier alpha value is -3.86. The summed E-state index contributed by atoms with van der Waals surface area (Å²) in [5.74, 6) is 0.336. The maximum Gasteiger partial charge on any atom is 0.277 e. The molecule has 1 heterocycles. The maximum atomic E-state index is 12.1. The van der Waals surface area contributed by atoms with Crippen LogP contribution in [0.4, 0.5) is 0 Å². The molecular weight excluding hydrogens is 350 g/mol. The molecule has 0 atom stereocenters. The molecule has 0 aliphatic carbocycles. The second-order valence-corrected chi connectivity index (χ2v) is 6.23. The van der Waals surface area contributed by atoms with Crippen LogP contribution in [0.1, 0.15) is 5.56 Å². The van der Waals surface area contributed by atoms with Gasteiger partial charge in [-0.3, -0.25) is 4.79 Å². The molecule has 1 amide bonds. The number of ether oxygens (including phenoxy) is 1. The molecule has 0 saturated carbocycles. The highest BCUT2D eigenvalue weighted by molar-refractivity contribution is 5.99. The summed E-state index contributed by atoms with van der Waals surface area (Å²) in [5.41, 5.74) is 6.42. The van der Waals surface area contributed by atoms with E-state index in [2.05, 4.69) is 15.5 Å². The number of hydrogen-bond donors (Lipinski definition) is 2. The molecule has 3 aromatic carbocycles. The lowest BCUT2D eigenvalue weighted by Gasteiger charge is -2.10. The summed E-state index contributed by atoms with van der Waals surface area (Å²) in [5, 5.41) is 5.08. The van der Waals surface area contributed by atoms with E-state index in [0.29, 0.717) is 5.75 Å². The van der Waals surface area contributed by atoms with Crippen LogP contribution in [0.3, 0.4) is 0 Å². The lowest BCUT2D eigenvalue weighted by molar-refractivity contribution is -0.123. The van der Waals surface area contributed by atoms with E-state index in [0.717, 1.165) is 27.6 Å². The van der Waals surface area contributed by atoms with Crippen LogP contribution >= 0.6 is 0 Å². The number of hydrogen-bond acceptors (Lipinski definition) is 3. The average molecular weight is 369 g/mol. The number of rotatable bonds is 6. The van der Waals surface area contributed by atoms with E-state index in [4.69, 9.17) is 4.74 Å². The summed E-state index contributed by atoms with van der Waals surface area (Å²) in [6, 6.07) is 25.5. The molecule has 0 aliphatic heterocycles. The molecule has 0 aliphatic rings. The van der Waals surface area contributed by atoms with Crippen molar-refractivity contribution in [3.63, 3.8) is 0 Å². The third-order valence-electron chi connectivity index (χ3n) is 4.34. The van der Waals surface area contributed by atoms with E-state index in [1.165, 1.54) is 0 Å². The summed E-state index contributed by atoms with van der Waals surface area (Å²) in [7, 11) is 0. The van der Waals surface area contributed by atoms with Crippen molar-refractivity contribution >= 4 is 23.0 Å². The minimum atomic E-state index is -0.320. The maximum absolute atomic E-state index is 12.1. The number of amides is 1. The predicted molar refractivity (Wildman–Crippen MR) is 111 cm³/mol. The van der Waals surface area contributed by atoms with Crippen LogP contribution in [0.5, 0.6) is 5.75 Å². The molecule has 28 heavy (non-hydrogen) atoms. The van der Waals surface area contributed by atoms with Crippen molar-refractivity contribution in [2.75, 3.05) is 6.61 Å².